The Morgan fingerprint density at radius 2 is 2.00 bits per heavy atom. The van der Waals surface area contributed by atoms with Gasteiger partial charge >= 0.3 is 0 Å². The van der Waals surface area contributed by atoms with Gasteiger partial charge in [-0.25, -0.2) is 4.98 Å². The molecule has 1 aromatic heterocycles. The van der Waals surface area contributed by atoms with E-state index < -0.39 is 0 Å². The Balaban J connectivity index is 1.47. The molecule has 0 radical (unpaired) electrons. The fourth-order valence-electron chi connectivity index (χ4n) is 4.89. The van der Waals surface area contributed by atoms with E-state index in [2.05, 4.69) is 27.7 Å². The summed E-state index contributed by atoms with van der Waals surface area (Å²) in [6.07, 6.45) is 7.85. The second-order valence-corrected chi connectivity index (χ2v) is 8.86. The number of nitrogens with zero attached hydrogens (tertiary/aromatic N) is 2. The highest BCUT2D eigenvalue weighted by Gasteiger charge is 2.23. The molecule has 1 atom stereocenters. The highest BCUT2D eigenvalue weighted by molar-refractivity contribution is 6.02. The molecular formula is C24H34N4O2. The number of pyridine rings is 1. The van der Waals surface area contributed by atoms with Gasteiger partial charge in [0, 0.05) is 37.5 Å². The van der Waals surface area contributed by atoms with Gasteiger partial charge in [0.05, 0.1) is 17.8 Å². The minimum absolute atomic E-state index is 0.124. The van der Waals surface area contributed by atoms with Crippen molar-refractivity contribution in [3.8, 4) is 0 Å². The fourth-order valence-corrected chi connectivity index (χ4v) is 4.89. The third kappa shape index (κ3) is 4.93. The highest BCUT2D eigenvalue weighted by atomic mass is 16.3. The van der Waals surface area contributed by atoms with E-state index in [4.69, 9.17) is 10.1 Å². The number of hydrogen-bond acceptors (Lipinski definition) is 5. The number of benzene rings is 1. The molecule has 0 spiro atoms. The first-order chi connectivity index (χ1) is 14.6. The number of aromatic nitrogens is 1. The summed E-state index contributed by atoms with van der Waals surface area (Å²) in [6, 6.07) is 8.64. The van der Waals surface area contributed by atoms with Crippen LogP contribution in [0.1, 0.15) is 50.5 Å². The van der Waals surface area contributed by atoms with Crippen LogP contribution in [0.25, 0.3) is 10.9 Å². The van der Waals surface area contributed by atoms with Crippen LogP contribution >= 0.6 is 0 Å². The highest BCUT2D eigenvalue weighted by Crippen LogP contribution is 2.31. The molecule has 6 heteroatoms. The lowest BCUT2D eigenvalue weighted by molar-refractivity contribution is -0.117. The second kappa shape index (κ2) is 9.75. The third-order valence-corrected chi connectivity index (χ3v) is 6.59. The zero-order valence-corrected chi connectivity index (χ0v) is 18.0. The molecule has 30 heavy (non-hydrogen) atoms. The average Bonchev–Trinajstić information content (AvgIpc) is 3.24. The number of fused-ring (bicyclic) bond motifs is 1. The summed E-state index contributed by atoms with van der Waals surface area (Å²) in [6.45, 7) is 4.70. The van der Waals surface area contributed by atoms with E-state index in [9.17, 15) is 4.79 Å². The molecule has 2 aromatic rings. The lowest BCUT2D eigenvalue weighted by atomic mass is 9.87. The predicted octanol–water partition coefficient (Wildman–Crippen LogP) is 3.61. The lowest BCUT2D eigenvalue weighted by Crippen LogP contribution is -2.34. The topological polar surface area (TPSA) is 77.5 Å². The van der Waals surface area contributed by atoms with Crippen molar-refractivity contribution in [3.63, 3.8) is 0 Å². The number of nitrogens with one attached hydrogen (secondary N) is 2. The van der Waals surface area contributed by atoms with Crippen LogP contribution in [-0.4, -0.2) is 48.3 Å². The molecule has 3 N–H and O–H groups in total. The van der Waals surface area contributed by atoms with Gasteiger partial charge in [-0.1, -0.05) is 25.3 Å². The number of aryl methyl sites for hydroxylation is 1. The predicted molar refractivity (Wildman–Crippen MR) is 122 cm³/mol. The van der Waals surface area contributed by atoms with Crippen LogP contribution in [0, 0.1) is 12.8 Å². The molecule has 0 bridgehead atoms. The molecule has 6 nitrogen and oxygen atoms in total. The fraction of sp³-hybridized carbons (Fsp3) is 0.583. The molecular weight excluding hydrogens is 376 g/mol. The Morgan fingerprint density at radius 1 is 1.17 bits per heavy atom. The van der Waals surface area contributed by atoms with Crippen molar-refractivity contribution in [2.75, 3.05) is 36.5 Å². The van der Waals surface area contributed by atoms with Crippen molar-refractivity contribution < 1.29 is 9.90 Å². The van der Waals surface area contributed by atoms with E-state index in [0.717, 1.165) is 47.5 Å². The van der Waals surface area contributed by atoms with Gasteiger partial charge in [-0.05, 0) is 55.9 Å². The number of hydrogen-bond donors (Lipinski definition) is 3. The molecule has 4 rings (SSSR count). The van der Waals surface area contributed by atoms with Gasteiger partial charge in [0.1, 0.15) is 5.82 Å². The van der Waals surface area contributed by atoms with Crippen LogP contribution in [0.4, 0.5) is 11.5 Å². The molecule has 0 unspecified atom stereocenters. The molecule has 1 amide bonds. The van der Waals surface area contributed by atoms with Gasteiger partial charge in [0.2, 0.25) is 5.91 Å². The molecule has 2 aliphatic rings. The Hall–Kier alpha value is -2.18. The SMILES string of the molecule is Cc1ccc2nc(N3CC[C@H](NCCO)C3)ccc2c1NC(=O)CC1CCCCC1. The lowest BCUT2D eigenvalue weighted by Gasteiger charge is -2.22. The van der Waals surface area contributed by atoms with Crippen molar-refractivity contribution in [1.29, 1.82) is 0 Å². The van der Waals surface area contributed by atoms with Crippen LogP contribution in [0.5, 0.6) is 0 Å². The van der Waals surface area contributed by atoms with Gasteiger partial charge in [0.15, 0.2) is 0 Å². The van der Waals surface area contributed by atoms with E-state index in [0.29, 0.717) is 24.9 Å². The van der Waals surface area contributed by atoms with Crippen LogP contribution in [0.2, 0.25) is 0 Å². The summed E-state index contributed by atoms with van der Waals surface area (Å²) in [4.78, 5) is 19.9. The monoisotopic (exact) mass is 410 g/mol. The first kappa shape index (κ1) is 21.1. The maximum Gasteiger partial charge on any atom is 0.224 e. The van der Waals surface area contributed by atoms with Gasteiger partial charge in [-0.2, -0.15) is 0 Å². The molecule has 1 aromatic carbocycles. The minimum Gasteiger partial charge on any atom is -0.395 e. The summed E-state index contributed by atoms with van der Waals surface area (Å²) in [5, 5.41) is 16.6. The first-order valence-corrected chi connectivity index (χ1v) is 11.4. The molecule has 1 saturated heterocycles. The summed E-state index contributed by atoms with van der Waals surface area (Å²) >= 11 is 0. The molecule has 2 heterocycles. The van der Waals surface area contributed by atoms with E-state index >= 15 is 0 Å². The van der Waals surface area contributed by atoms with Crippen LogP contribution < -0.4 is 15.5 Å². The number of amides is 1. The summed E-state index contributed by atoms with van der Waals surface area (Å²) < 4.78 is 0. The number of carbonyl (C=O) groups excluding carboxylic acids is 1. The van der Waals surface area contributed by atoms with Crippen molar-refractivity contribution in [3.05, 3.63) is 29.8 Å². The minimum atomic E-state index is 0.124. The van der Waals surface area contributed by atoms with Crippen LogP contribution in [0.15, 0.2) is 24.3 Å². The number of aliphatic hydroxyl groups is 1. The van der Waals surface area contributed by atoms with Crippen molar-refractivity contribution in [2.24, 2.45) is 5.92 Å². The second-order valence-electron chi connectivity index (χ2n) is 8.86. The molecule has 162 valence electrons. The van der Waals surface area contributed by atoms with Gasteiger partial charge < -0.3 is 20.6 Å². The number of aliphatic hydroxyl groups excluding tert-OH is 1. The summed E-state index contributed by atoms with van der Waals surface area (Å²) in [5.41, 5.74) is 2.89. The Morgan fingerprint density at radius 3 is 2.80 bits per heavy atom. The zero-order chi connectivity index (χ0) is 20.9. The molecule has 1 saturated carbocycles. The van der Waals surface area contributed by atoms with E-state index in [1.165, 1.54) is 32.1 Å². The first-order valence-electron chi connectivity index (χ1n) is 11.4. The Bertz CT molecular complexity index is 879. The Labute approximate surface area is 179 Å². The molecule has 1 aliphatic heterocycles. The Kier molecular flexibility index (Phi) is 6.85. The van der Waals surface area contributed by atoms with Crippen molar-refractivity contribution in [1.82, 2.24) is 10.3 Å². The maximum absolute atomic E-state index is 12.7. The van der Waals surface area contributed by atoms with Crippen molar-refractivity contribution >= 4 is 28.3 Å². The van der Waals surface area contributed by atoms with E-state index in [-0.39, 0.29) is 12.5 Å². The van der Waals surface area contributed by atoms with Gasteiger partial charge in [0.25, 0.3) is 0 Å². The standard InChI is InChI=1S/C24H34N4O2/c1-17-7-9-21-20(24(17)27-23(30)15-18-5-3-2-4-6-18)8-10-22(26-21)28-13-11-19(16-28)25-12-14-29/h7-10,18-19,25,29H,2-6,11-16H2,1H3,(H,27,30)/t19-/m0/s1. The smallest absolute Gasteiger partial charge is 0.224 e. The normalized spacial score (nSPS) is 20.1. The van der Waals surface area contributed by atoms with Gasteiger partial charge in [-0.3, -0.25) is 4.79 Å². The summed E-state index contributed by atoms with van der Waals surface area (Å²) in [7, 11) is 0. The van der Waals surface area contributed by atoms with Gasteiger partial charge in [-0.15, -0.1) is 0 Å². The third-order valence-electron chi connectivity index (χ3n) is 6.59. The average molecular weight is 411 g/mol. The van der Waals surface area contributed by atoms with E-state index in [1.54, 1.807) is 0 Å². The van der Waals surface area contributed by atoms with Crippen LogP contribution in [0.3, 0.4) is 0 Å². The maximum atomic E-state index is 12.7. The largest absolute Gasteiger partial charge is 0.395 e. The molecule has 1 aliphatic carbocycles. The summed E-state index contributed by atoms with van der Waals surface area (Å²) in [5.74, 6) is 1.62. The van der Waals surface area contributed by atoms with E-state index in [1.807, 2.05) is 19.1 Å². The number of rotatable bonds is 7. The zero-order valence-electron chi connectivity index (χ0n) is 18.0. The number of carbonyl (C=O) groups is 1. The van der Waals surface area contributed by atoms with Crippen LogP contribution in [-0.2, 0) is 4.79 Å². The van der Waals surface area contributed by atoms with Crippen molar-refractivity contribution in [2.45, 2.75) is 57.9 Å². The quantitative estimate of drug-likeness (QED) is 0.650. The number of anilines is 2. The molecule has 2 fully saturated rings.